The van der Waals surface area contributed by atoms with Crippen molar-refractivity contribution in [2.75, 3.05) is 0 Å². The molecule has 0 aliphatic heterocycles. The lowest BCUT2D eigenvalue weighted by Gasteiger charge is -2.02. The van der Waals surface area contributed by atoms with E-state index in [4.69, 9.17) is 5.11 Å². The molecule has 1 heterocycles. The van der Waals surface area contributed by atoms with Gasteiger partial charge in [0.1, 0.15) is 14.3 Å². The Hall–Kier alpha value is -1.02. The quantitative estimate of drug-likeness (QED) is 0.647. The largest absolute Gasteiger partial charge is 0.508 e. The van der Waals surface area contributed by atoms with Gasteiger partial charge < -0.3 is 10.1 Å². The minimum Gasteiger partial charge on any atom is -0.508 e. The van der Waals surface area contributed by atoms with Crippen molar-refractivity contribution in [1.82, 2.24) is 9.97 Å². The number of hydrogen-bond acceptors (Lipinski definition) is 4. The molecule has 1 aromatic heterocycles. The van der Waals surface area contributed by atoms with E-state index in [0.29, 0.717) is 8.60 Å². The number of aromatic nitrogens is 2. The van der Waals surface area contributed by atoms with Crippen LogP contribution >= 0.6 is 34.4 Å². The Bertz CT molecular complexity index is 553. The molecule has 0 aliphatic rings. The average Bonchev–Trinajstić information content (AvgIpc) is 2.28. The molecule has 0 atom stereocenters. The van der Waals surface area contributed by atoms with Crippen LogP contribution in [-0.2, 0) is 0 Å². The molecule has 2 N–H and O–H groups in total. The van der Waals surface area contributed by atoms with Crippen LogP contribution in [-0.4, -0.2) is 15.1 Å². The van der Waals surface area contributed by atoms with Crippen LogP contribution in [0.2, 0.25) is 0 Å². The van der Waals surface area contributed by atoms with E-state index in [-0.39, 0.29) is 11.3 Å². The lowest BCUT2D eigenvalue weighted by atomic mass is 10.3. The maximum Gasteiger partial charge on any atom is 0.265 e. The van der Waals surface area contributed by atoms with Gasteiger partial charge in [-0.15, -0.1) is 0 Å². The van der Waals surface area contributed by atoms with Gasteiger partial charge in [-0.25, -0.2) is 4.98 Å². The number of phenols is 1. The summed E-state index contributed by atoms with van der Waals surface area (Å²) in [4.78, 5) is 18.9. The Morgan fingerprint density at radius 1 is 1.31 bits per heavy atom. The Labute approximate surface area is 109 Å². The van der Waals surface area contributed by atoms with Crippen LogP contribution in [0.1, 0.15) is 0 Å². The molecule has 0 aliphatic carbocycles. The summed E-state index contributed by atoms with van der Waals surface area (Å²) in [7, 11) is 0. The van der Waals surface area contributed by atoms with Crippen LogP contribution in [0.5, 0.6) is 5.75 Å². The van der Waals surface area contributed by atoms with E-state index in [0.717, 1.165) is 4.90 Å². The van der Waals surface area contributed by atoms with E-state index in [1.54, 1.807) is 24.3 Å². The van der Waals surface area contributed by atoms with Gasteiger partial charge in [0.15, 0.2) is 0 Å². The molecule has 0 unspecified atom stereocenters. The number of nitrogens with zero attached hydrogens (tertiary/aromatic N) is 1. The molecule has 0 saturated carbocycles. The molecule has 1 aromatic carbocycles. The first kappa shape index (κ1) is 11.5. The number of phenolic OH excluding ortho intramolecular Hbond substituents is 1. The van der Waals surface area contributed by atoms with E-state index >= 15 is 0 Å². The highest BCUT2D eigenvalue weighted by atomic mass is 127. The second-order valence-corrected chi connectivity index (χ2v) is 5.09. The summed E-state index contributed by atoms with van der Waals surface area (Å²) in [6.45, 7) is 0. The van der Waals surface area contributed by atoms with E-state index < -0.39 is 0 Å². The molecule has 0 fully saturated rings. The first-order chi connectivity index (χ1) is 7.66. The van der Waals surface area contributed by atoms with Crippen molar-refractivity contribution in [3.8, 4) is 5.75 Å². The lowest BCUT2D eigenvalue weighted by Crippen LogP contribution is -2.10. The third kappa shape index (κ3) is 2.56. The number of hydrogen-bond donors (Lipinski definition) is 2. The third-order valence-corrected chi connectivity index (χ3v) is 4.19. The van der Waals surface area contributed by atoms with Crippen molar-refractivity contribution in [3.63, 3.8) is 0 Å². The zero-order valence-corrected chi connectivity index (χ0v) is 10.9. The molecule has 0 amide bonds. The van der Waals surface area contributed by atoms with Crippen LogP contribution in [0.15, 0.2) is 45.3 Å². The summed E-state index contributed by atoms with van der Waals surface area (Å²) in [5, 5.41) is 9.80. The number of benzene rings is 1. The number of aromatic hydroxyl groups is 1. The molecule has 82 valence electrons. The zero-order chi connectivity index (χ0) is 11.5. The zero-order valence-electron chi connectivity index (χ0n) is 7.98. The van der Waals surface area contributed by atoms with Crippen molar-refractivity contribution < 1.29 is 5.11 Å². The van der Waals surface area contributed by atoms with Crippen molar-refractivity contribution >= 4 is 34.4 Å². The Kier molecular flexibility index (Phi) is 3.49. The van der Waals surface area contributed by atoms with Crippen molar-refractivity contribution in [2.45, 2.75) is 9.92 Å². The molecule has 6 heteroatoms. The van der Waals surface area contributed by atoms with Crippen LogP contribution in [0, 0.1) is 3.57 Å². The molecule has 2 rings (SSSR count). The molecule has 4 nitrogen and oxygen atoms in total. The summed E-state index contributed by atoms with van der Waals surface area (Å²) >= 11 is 3.35. The molecule has 16 heavy (non-hydrogen) atoms. The summed E-state index contributed by atoms with van der Waals surface area (Å²) in [6, 6.07) is 6.75. The van der Waals surface area contributed by atoms with Gasteiger partial charge in [-0.05, 0) is 46.9 Å². The van der Waals surface area contributed by atoms with Gasteiger partial charge in [0.2, 0.25) is 0 Å². The molecular formula is C10H7IN2O2S. The number of rotatable bonds is 2. The summed E-state index contributed by atoms with van der Waals surface area (Å²) < 4.78 is 0.568. The monoisotopic (exact) mass is 346 g/mol. The topological polar surface area (TPSA) is 66.0 Å². The number of halogens is 1. The maximum absolute atomic E-state index is 11.3. The SMILES string of the molecule is O=c1[nH]cnc(Sc2ccc(O)cc2)c1I. The number of nitrogens with one attached hydrogen (secondary N) is 1. The summed E-state index contributed by atoms with van der Waals surface area (Å²) in [5.74, 6) is 0.220. The first-order valence-electron chi connectivity index (χ1n) is 4.37. The molecule has 2 aromatic rings. The summed E-state index contributed by atoms with van der Waals surface area (Å²) in [6.07, 6.45) is 1.38. The van der Waals surface area contributed by atoms with E-state index in [1.807, 2.05) is 22.6 Å². The fourth-order valence-electron chi connectivity index (χ4n) is 1.06. The van der Waals surface area contributed by atoms with E-state index in [1.165, 1.54) is 18.1 Å². The van der Waals surface area contributed by atoms with Gasteiger partial charge in [0, 0.05) is 4.90 Å². The second-order valence-electron chi connectivity index (χ2n) is 2.95. The van der Waals surface area contributed by atoms with Gasteiger partial charge in [-0.2, -0.15) is 0 Å². The van der Waals surface area contributed by atoms with Gasteiger partial charge in [-0.1, -0.05) is 11.8 Å². The minimum atomic E-state index is -0.142. The Balaban J connectivity index is 2.30. The average molecular weight is 346 g/mol. The Morgan fingerprint density at radius 2 is 2.00 bits per heavy atom. The van der Waals surface area contributed by atoms with Crippen LogP contribution in [0.25, 0.3) is 0 Å². The highest BCUT2D eigenvalue weighted by Crippen LogP contribution is 2.28. The standard InChI is InChI=1S/C10H7IN2O2S/c11-8-9(15)12-5-13-10(8)16-7-3-1-6(14)2-4-7/h1-5,14H,(H,12,13,15). The van der Waals surface area contributed by atoms with Crippen LogP contribution < -0.4 is 5.56 Å². The van der Waals surface area contributed by atoms with E-state index in [2.05, 4.69) is 9.97 Å². The molecule has 0 radical (unpaired) electrons. The predicted molar refractivity (Wildman–Crippen MR) is 69.8 cm³/mol. The molecule has 0 saturated heterocycles. The van der Waals surface area contributed by atoms with Gasteiger partial charge in [0.05, 0.1) is 6.33 Å². The molecule has 0 bridgehead atoms. The van der Waals surface area contributed by atoms with Crippen molar-refractivity contribution in [1.29, 1.82) is 0 Å². The van der Waals surface area contributed by atoms with Crippen LogP contribution in [0.3, 0.4) is 0 Å². The molecular weight excluding hydrogens is 339 g/mol. The van der Waals surface area contributed by atoms with Gasteiger partial charge >= 0.3 is 0 Å². The Morgan fingerprint density at radius 3 is 2.69 bits per heavy atom. The maximum atomic E-state index is 11.3. The highest BCUT2D eigenvalue weighted by Gasteiger charge is 2.06. The van der Waals surface area contributed by atoms with Gasteiger partial charge in [0.25, 0.3) is 5.56 Å². The number of H-pyrrole nitrogens is 1. The van der Waals surface area contributed by atoms with E-state index in [9.17, 15) is 4.79 Å². The summed E-state index contributed by atoms with van der Waals surface area (Å²) in [5.41, 5.74) is -0.142. The minimum absolute atomic E-state index is 0.142. The fraction of sp³-hybridized carbons (Fsp3) is 0. The lowest BCUT2D eigenvalue weighted by molar-refractivity contribution is 0.475. The highest BCUT2D eigenvalue weighted by molar-refractivity contribution is 14.1. The van der Waals surface area contributed by atoms with Crippen molar-refractivity contribution in [3.05, 3.63) is 44.5 Å². The molecule has 0 spiro atoms. The van der Waals surface area contributed by atoms with Crippen molar-refractivity contribution in [2.24, 2.45) is 0 Å². The van der Waals surface area contributed by atoms with Gasteiger partial charge in [-0.3, -0.25) is 4.79 Å². The normalized spacial score (nSPS) is 10.3. The third-order valence-electron chi connectivity index (χ3n) is 1.82. The first-order valence-corrected chi connectivity index (χ1v) is 6.26. The fourth-order valence-corrected chi connectivity index (χ4v) is 2.47. The van der Waals surface area contributed by atoms with Crippen LogP contribution in [0.4, 0.5) is 0 Å². The smallest absolute Gasteiger partial charge is 0.265 e. The predicted octanol–water partition coefficient (Wildman–Crippen LogP) is 2.23. The second kappa shape index (κ2) is 4.88. The number of aromatic amines is 1.